The second-order valence-corrected chi connectivity index (χ2v) is 13.1. The summed E-state index contributed by atoms with van der Waals surface area (Å²) in [7, 11) is 0. The van der Waals surface area contributed by atoms with Crippen LogP contribution in [0.5, 0.6) is 0 Å². The van der Waals surface area contributed by atoms with Crippen molar-refractivity contribution in [2.24, 2.45) is 46.3 Å². The molecule has 2 unspecified atom stereocenters. The van der Waals surface area contributed by atoms with E-state index < -0.39 is 0 Å². The quantitative estimate of drug-likeness (QED) is 0.372. The van der Waals surface area contributed by atoms with E-state index in [4.69, 9.17) is 0 Å². The van der Waals surface area contributed by atoms with Crippen molar-refractivity contribution < 1.29 is 1.43 Å². The molecule has 4 fully saturated rings. The molecule has 0 bridgehead atoms. The van der Waals surface area contributed by atoms with Gasteiger partial charge in [-0.1, -0.05) is 71.6 Å². The largest absolute Gasteiger partial charge is 0.382 e. The lowest BCUT2D eigenvalue weighted by atomic mass is 9.48. The molecule has 4 aliphatic rings. The summed E-state index contributed by atoms with van der Waals surface area (Å²) in [5, 5.41) is 3.91. The molecule has 8 atom stereocenters. The fourth-order valence-corrected chi connectivity index (χ4v) is 9.25. The molecule has 0 spiro atoms. The minimum Gasteiger partial charge on any atom is -0.382 e. The molecule has 4 rings (SSSR count). The highest BCUT2D eigenvalue weighted by molar-refractivity contribution is 5.37. The Morgan fingerprint density at radius 3 is 2.31 bits per heavy atom. The Labute approximate surface area is 220 Å². The number of allylic oxidation sites excluding steroid dienone is 5. The van der Waals surface area contributed by atoms with Crippen LogP contribution in [0.25, 0.3) is 0 Å². The van der Waals surface area contributed by atoms with E-state index in [-0.39, 0.29) is 1.43 Å². The zero-order chi connectivity index (χ0) is 25.8. The van der Waals surface area contributed by atoms with Crippen LogP contribution in [0.2, 0.25) is 0 Å². The highest BCUT2D eigenvalue weighted by atomic mass is 14.9. The first-order valence-corrected chi connectivity index (χ1v) is 15.1. The van der Waals surface area contributed by atoms with Gasteiger partial charge in [0.2, 0.25) is 0 Å². The number of rotatable bonds is 6. The van der Waals surface area contributed by atoms with Crippen molar-refractivity contribution >= 4 is 0 Å². The van der Waals surface area contributed by atoms with Gasteiger partial charge in [-0.15, -0.1) is 0 Å². The van der Waals surface area contributed by atoms with E-state index in [1.165, 1.54) is 63.5 Å². The summed E-state index contributed by atoms with van der Waals surface area (Å²) in [6.45, 7) is 22.7. The second-order valence-electron chi connectivity index (χ2n) is 13.1. The molecule has 0 heterocycles. The molecule has 1 heteroatoms. The number of hydrogen-bond acceptors (Lipinski definition) is 1. The van der Waals surface area contributed by atoms with Gasteiger partial charge in [-0.3, -0.25) is 0 Å². The Balaban J connectivity index is 0.00000148. The molecule has 200 valence electrons. The molecule has 0 amide bonds. The highest BCUT2D eigenvalue weighted by Gasteiger charge is 2.58. The molecule has 1 nitrogen and oxygen atoms in total. The monoisotopic (exact) mass is 481 g/mol. The molecule has 0 radical (unpaired) electrons. The zero-order valence-electron chi connectivity index (χ0n) is 24.5. The van der Waals surface area contributed by atoms with Crippen LogP contribution < -0.4 is 5.32 Å². The van der Waals surface area contributed by atoms with Gasteiger partial charge < -0.3 is 5.32 Å². The van der Waals surface area contributed by atoms with E-state index in [9.17, 15) is 0 Å². The fourth-order valence-electron chi connectivity index (χ4n) is 9.25. The lowest BCUT2D eigenvalue weighted by Crippen LogP contribution is -2.51. The summed E-state index contributed by atoms with van der Waals surface area (Å²) in [5.41, 5.74) is 3.39. The van der Waals surface area contributed by atoms with Crippen LogP contribution in [-0.4, -0.2) is 6.04 Å². The topological polar surface area (TPSA) is 12.0 Å². The minimum absolute atomic E-state index is 0. The Morgan fingerprint density at radius 1 is 0.914 bits per heavy atom. The van der Waals surface area contributed by atoms with Gasteiger partial charge in [-0.25, -0.2) is 0 Å². The smallest absolute Gasteiger partial charge is 0.0366 e. The van der Waals surface area contributed by atoms with Gasteiger partial charge in [0.15, 0.2) is 0 Å². The van der Waals surface area contributed by atoms with Gasteiger partial charge in [-0.2, -0.15) is 0 Å². The Bertz CT molecular complexity index is 804. The molecular formula is C34H59N. The highest BCUT2D eigenvalue weighted by Crippen LogP contribution is 2.65. The van der Waals surface area contributed by atoms with Crippen LogP contribution in [0.15, 0.2) is 48.2 Å². The summed E-state index contributed by atoms with van der Waals surface area (Å²) >= 11 is 0. The van der Waals surface area contributed by atoms with Crippen molar-refractivity contribution in [3.8, 4) is 0 Å². The van der Waals surface area contributed by atoms with E-state index in [1.54, 1.807) is 0 Å². The molecule has 0 aromatic heterocycles. The SMILES string of the molecule is C=C(/C=C\C=C/C)/C(=C\C)N[C@H](C)[C@H]1CC[C@H]2C3CCC4CC(C)(C)CC[C@@H]4[C@H]3CC[C@]12C.CC.[HH]. The maximum absolute atomic E-state index is 4.33. The minimum atomic E-state index is 0. The average molecular weight is 482 g/mol. The lowest BCUT2D eigenvalue weighted by Gasteiger charge is -2.57. The fraction of sp³-hybridized carbons (Fsp3) is 0.765. The molecule has 0 aromatic rings. The average Bonchev–Trinajstić information content (AvgIpc) is 3.20. The first-order chi connectivity index (χ1) is 16.7. The van der Waals surface area contributed by atoms with Crippen molar-refractivity contribution in [2.45, 2.75) is 119 Å². The van der Waals surface area contributed by atoms with Crippen molar-refractivity contribution in [3.63, 3.8) is 0 Å². The Kier molecular flexibility index (Phi) is 9.61. The van der Waals surface area contributed by atoms with Crippen LogP contribution in [-0.2, 0) is 0 Å². The van der Waals surface area contributed by atoms with E-state index >= 15 is 0 Å². The molecular weight excluding hydrogens is 422 g/mol. The van der Waals surface area contributed by atoms with Crippen LogP contribution in [0.3, 0.4) is 0 Å². The predicted octanol–water partition coefficient (Wildman–Crippen LogP) is 10.1. The molecule has 4 saturated carbocycles. The molecule has 35 heavy (non-hydrogen) atoms. The lowest BCUT2D eigenvalue weighted by molar-refractivity contribution is -0.0782. The van der Waals surface area contributed by atoms with Crippen LogP contribution in [0.4, 0.5) is 0 Å². The van der Waals surface area contributed by atoms with Crippen molar-refractivity contribution in [1.29, 1.82) is 0 Å². The van der Waals surface area contributed by atoms with E-state index in [0.29, 0.717) is 16.9 Å². The van der Waals surface area contributed by atoms with Gasteiger partial charge in [0.05, 0.1) is 0 Å². The first kappa shape index (κ1) is 28.3. The molecule has 1 N–H and O–H groups in total. The van der Waals surface area contributed by atoms with Gasteiger partial charge in [-0.05, 0) is 130 Å². The van der Waals surface area contributed by atoms with Crippen LogP contribution >= 0.6 is 0 Å². The number of fused-ring (bicyclic) bond motifs is 5. The summed E-state index contributed by atoms with van der Waals surface area (Å²) < 4.78 is 0. The van der Waals surface area contributed by atoms with E-state index in [1.807, 2.05) is 13.8 Å². The summed E-state index contributed by atoms with van der Waals surface area (Å²) in [4.78, 5) is 0. The summed E-state index contributed by atoms with van der Waals surface area (Å²) in [5.74, 6) is 5.82. The summed E-state index contributed by atoms with van der Waals surface area (Å²) in [6.07, 6.45) is 23.9. The predicted molar refractivity (Wildman–Crippen MR) is 157 cm³/mol. The third-order valence-electron chi connectivity index (χ3n) is 10.8. The van der Waals surface area contributed by atoms with Gasteiger partial charge in [0.25, 0.3) is 0 Å². The van der Waals surface area contributed by atoms with Crippen LogP contribution in [0, 0.1) is 46.3 Å². The third kappa shape index (κ3) is 5.86. The Morgan fingerprint density at radius 2 is 1.63 bits per heavy atom. The second kappa shape index (κ2) is 11.9. The van der Waals surface area contributed by atoms with Crippen LogP contribution in [0.1, 0.15) is 115 Å². The Hall–Kier alpha value is -1.24. The van der Waals surface area contributed by atoms with Gasteiger partial charge in [0, 0.05) is 13.2 Å². The standard InChI is InChI=1S/C32H51N.C2H6.H2/c1-8-10-11-12-22(3)30(9-2)33-23(4)28-15-16-29-27-14-13-24-21-31(5,6)19-17-25(24)26(27)18-20-32(28,29)7;1-2;/h8-12,23-29,33H,3,13-21H2,1-2,4-7H3;1-2H3;1H/b10-8-,12-11-,30-9+;;/t23-,24?,25+,26-,27?,28-,29+,32-;;/m1../s1. The molecule has 4 aliphatic carbocycles. The summed E-state index contributed by atoms with van der Waals surface area (Å²) in [6, 6.07) is 0.501. The van der Waals surface area contributed by atoms with Gasteiger partial charge >= 0.3 is 0 Å². The molecule has 0 saturated heterocycles. The van der Waals surface area contributed by atoms with E-state index in [0.717, 1.165) is 41.1 Å². The zero-order valence-corrected chi connectivity index (χ0v) is 24.5. The maximum Gasteiger partial charge on any atom is 0.0366 e. The number of nitrogens with one attached hydrogen (secondary N) is 1. The molecule has 0 aliphatic heterocycles. The van der Waals surface area contributed by atoms with E-state index in [2.05, 4.69) is 83.8 Å². The van der Waals surface area contributed by atoms with Gasteiger partial charge in [0.1, 0.15) is 0 Å². The van der Waals surface area contributed by atoms with Crippen molar-refractivity contribution in [2.75, 3.05) is 0 Å². The normalized spacial score (nSPS) is 39.3. The molecule has 0 aromatic carbocycles. The van der Waals surface area contributed by atoms with Crippen molar-refractivity contribution in [3.05, 3.63) is 48.2 Å². The van der Waals surface area contributed by atoms with Crippen molar-refractivity contribution in [1.82, 2.24) is 5.32 Å². The first-order valence-electron chi connectivity index (χ1n) is 15.1. The number of hydrogen-bond donors (Lipinski definition) is 1. The third-order valence-corrected chi connectivity index (χ3v) is 10.8. The maximum atomic E-state index is 4.33.